The number of nitrogens with zero attached hydrogens (tertiary/aromatic N) is 1. The van der Waals surface area contributed by atoms with Crippen LogP contribution in [0.4, 0.5) is 0 Å². The first-order chi connectivity index (χ1) is 10.9. The van der Waals surface area contributed by atoms with Crippen LogP contribution < -0.4 is 15.8 Å². The number of carbonyl (C=O) groups is 1. The molecule has 3 N–H and O–H groups in total. The molecule has 2 aromatic rings. The maximum Gasteiger partial charge on any atom is 0.226 e. The molecule has 0 aliphatic rings. The van der Waals surface area contributed by atoms with Gasteiger partial charge in [-0.2, -0.15) is 0 Å². The van der Waals surface area contributed by atoms with Crippen LogP contribution in [0.25, 0.3) is 0 Å². The van der Waals surface area contributed by atoms with Crippen molar-refractivity contribution < 1.29 is 9.53 Å². The molecule has 0 unspecified atom stereocenters. The third kappa shape index (κ3) is 8.25. The summed E-state index contributed by atoms with van der Waals surface area (Å²) in [6.07, 6.45) is 0.237. The number of rotatable bonds is 7. The second-order valence-corrected chi connectivity index (χ2v) is 7.17. The third-order valence-electron chi connectivity index (χ3n) is 3.11. The van der Waals surface area contributed by atoms with Crippen LogP contribution in [0.1, 0.15) is 24.5 Å². The van der Waals surface area contributed by atoms with E-state index in [0.29, 0.717) is 18.2 Å². The van der Waals surface area contributed by atoms with E-state index in [2.05, 4.69) is 10.3 Å². The highest BCUT2D eigenvalue weighted by Gasteiger charge is 2.19. The van der Waals surface area contributed by atoms with Crippen molar-refractivity contribution in [3.63, 3.8) is 0 Å². The summed E-state index contributed by atoms with van der Waals surface area (Å²) in [5.41, 5.74) is 5.93. The van der Waals surface area contributed by atoms with Gasteiger partial charge in [0.05, 0.1) is 12.1 Å². The number of nitrogens with two attached hydrogens (primary N) is 1. The van der Waals surface area contributed by atoms with Gasteiger partial charge in [0.1, 0.15) is 17.4 Å². The number of carbonyl (C=O) groups excluding carboxylic acids is 1. The lowest BCUT2D eigenvalue weighted by Gasteiger charge is -2.23. The molecule has 0 saturated heterocycles. The Labute approximate surface area is 169 Å². The molecule has 0 aliphatic heterocycles. The molecule has 25 heavy (non-hydrogen) atoms. The van der Waals surface area contributed by atoms with Crippen molar-refractivity contribution in [2.75, 3.05) is 6.54 Å². The van der Waals surface area contributed by atoms with Gasteiger partial charge in [-0.05, 0) is 38.1 Å². The number of ether oxygens (including phenoxy) is 1. The number of hydrogen-bond donors (Lipinski definition) is 2. The smallest absolute Gasteiger partial charge is 0.226 e. The van der Waals surface area contributed by atoms with Gasteiger partial charge in [-0.15, -0.1) is 36.2 Å². The van der Waals surface area contributed by atoms with E-state index in [-0.39, 0.29) is 37.1 Å². The molecule has 140 valence electrons. The topological polar surface area (TPSA) is 77.2 Å². The normalized spacial score (nSPS) is 10.4. The highest BCUT2D eigenvalue weighted by molar-refractivity contribution is 7.09. The molecule has 0 radical (unpaired) electrons. The van der Waals surface area contributed by atoms with Gasteiger partial charge in [0, 0.05) is 22.5 Å². The van der Waals surface area contributed by atoms with Crippen LogP contribution in [-0.2, 0) is 17.8 Å². The molecule has 0 aliphatic carbocycles. The zero-order valence-electron chi connectivity index (χ0n) is 14.0. The Kier molecular flexibility index (Phi) is 10.4. The summed E-state index contributed by atoms with van der Waals surface area (Å²) >= 11 is 7.30. The average Bonchev–Trinajstić information content (AvgIpc) is 2.93. The fourth-order valence-electron chi connectivity index (χ4n) is 1.81. The maximum absolute atomic E-state index is 12.0. The van der Waals surface area contributed by atoms with E-state index in [0.717, 1.165) is 16.5 Å². The number of amides is 1. The lowest BCUT2D eigenvalue weighted by atomic mass is 10.1. The van der Waals surface area contributed by atoms with E-state index in [1.165, 1.54) is 11.3 Å². The van der Waals surface area contributed by atoms with Gasteiger partial charge in [0.2, 0.25) is 5.91 Å². The van der Waals surface area contributed by atoms with Gasteiger partial charge in [-0.3, -0.25) is 4.79 Å². The van der Waals surface area contributed by atoms with Crippen molar-refractivity contribution in [2.45, 2.75) is 32.4 Å². The van der Waals surface area contributed by atoms with Gasteiger partial charge in [-0.1, -0.05) is 11.6 Å². The minimum absolute atomic E-state index is 0. The summed E-state index contributed by atoms with van der Waals surface area (Å²) in [6, 6.07) is 7.15. The van der Waals surface area contributed by atoms with E-state index in [4.69, 9.17) is 22.1 Å². The Morgan fingerprint density at radius 1 is 1.32 bits per heavy atom. The van der Waals surface area contributed by atoms with Crippen molar-refractivity contribution in [3.8, 4) is 5.75 Å². The van der Waals surface area contributed by atoms with Crippen LogP contribution in [0.2, 0.25) is 5.02 Å². The monoisotopic (exact) mass is 425 g/mol. The lowest BCUT2D eigenvalue weighted by Crippen LogP contribution is -2.49. The first-order valence-corrected chi connectivity index (χ1v) is 8.46. The van der Waals surface area contributed by atoms with Gasteiger partial charge in [-0.25, -0.2) is 4.98 Å². The number of thiazole rings is 1. The molecule has 0 atom stereocenters. The largest absolute Gasteiger partial charge is 0.486 e. The molecule has 5 nitrogen and oxygen atoms in total. The zero-order chi connectivity index (χ0) is 16.9. The van der Waals surface area contributed by atoms with Crippen LogP contribution in [0.15, 0.2) is 29.6 Å². The number of aromatic nitrogens is 1. The Morgan fingerprint density at radius 2 is 1.96 bits per heavy atom. The lowest BCUT2D eigenvalue weighted by molar-refractivity contribution is -0.121. The Bertz CT molecular complexity index is 663. The fraction of sp³-hybridized carbons (Fsp3) is 0.375. The highest BCUT2D eigenvalue weighted by Crippen LogP contribution is 2.18. The van der Waals surface area contributed by atoms with Crippen LogP contribution in [0, 0.1) is 0 Å². The van der Waals surface area contributed by atoms with Crippen molar-refractivity contribution >= 4 is 53.7 Å². The second-order valence-electron chi connectivity index (χ2n) is 5.79. The SMILES string of the molecule is CC(C)(CN)NC(=O)Cc1csc(COc2ccc(Cl)cc2)n1.Cl.Cl. The predicted octanol–water partition coefficient (Wildman–Crippen LogP) is 3.62. The molecule has 0 spiro atoms. The third-order valence-corrected chi connectivity index (χ3v) is 4.23. The van der Waals surface area contributed by atoms with E-state index >= 15 is 0 Å². The molecular formula is C16H22Cl3N3O2S. The van der Waals surface area contributed by atoms with Crippen LogP contribution >= 0.6 is 47.8 Å². The molecular weight excluding hydrogens is 405 g/mol. The van der Waals surface area contributed by atoms with Crippen molar-refractivity contribution in [1.82, 2.24) is 10.3 Å². The van der Waals surface area contributed by atoms with E-state index < -0.39 is 5.54 Å². The number of nitrogens with one attached hydrogen (secondary N) is 1. The van der Waals surface area contributed by atoms with E-state index in [9.17, 15) is 4.79 Å². The highest BCUT2D eigenvalue weighted by atomic mass is 35.5. The maximum atomic E-state index is 12.0. The predicted molar refractivity (Wildman–Crippen MR) is 107 cm³/mol. The molecule has 1 aromatic carbocycles. The van der Waals surface area contributed by atoms with Crippen LogP contribution in [0.5, 0.6) is 5.75 Å². The van der Waals surface area contributed by atoms with Crippen LogP contribution in [-0.4, -0.2) is 23.0 Å². The quantitative estimate of drug-likeness (QED) is 0.709. The first-order valence-electron chi connectivity index (χ1n) is 7.21. The Hall–Kier alpha value is -1.05. The average molecular weight is 427 g/mol. The molecule has 1 aromatic heterocycles. The zero-order valence-corrected chi connectivity index (χ0v) is 17.2. The Morgan fingerprint density at radius 3 is 2.56 bits per heavy atom. The number of hydrogen-bond acceptors (Lipinski definition) is 5. The number of benzene rings is 1. The summed E-state index contributed by atoms with van der Waals surface area (Å²) in [6.45, 7) is 4.52. The molecule has 1 amide bonds. The van der Waals surface area contributed by atoms with Gasteiger partial charge in [0.15, 0.2) is 0 Å². The minimum atomic E-state index is -0.409. The molecule has 0 fully saturated rings. The van der Waals surface area contributed by atoms with Gasteiger partial charge >= 0.3 is 0 Å². The minimum Gasteiger partial charge on any atom is -0.486 e. The molecule has 0 bridgehead atoms. The summed E-state index contributed by atoms with van der Waals surface area (Å²) in [4.78, 5) is 16.4. The van der Waals surface area contributed by atoms with E-state index in [1.807, 2.05) is 19.2 Å². The summed E-state index contributed by atoms with van der Waals surface area (Å²) in [5, 5.41) is 6.24. The molecule has 2 rings (SSSR count). The van der Waals surface area contributed by atoms with Gasteiger partial charge in [0.25, 0.3) is 0 Å². The molecule has 9 heteroatoms. The first kappa shape index (κ1) is 23.9. The Balaban J connectivity index is 0.00000288. The summed E-state index contributed by atoms with van der Waals surface area (Å²) in [5.74, 6) is 0.643. The summed E-state index contributed by atoms with van der Waals surface area (Å²) < 4.78 is 5.64. The van der Waals surface area contributed by atoms with Crippen molar-refractivity contribution in [3.05, 3.63) is 45.4 Å². The number of halogens is 3. The van der Waals surface area contributed by atoms with Gasteiger partial charge < -0.3 is 15.8 Å². The molecule has 1 heterocycles. The molecule has 0 saturated carbocycles. The standard InChI is InChI=1S/C16H20ClN3O2S.2ClH/c1-16(2,10-18)20-14(21)7-12-9-23-15(19-12)8-22-13-5-3-11(17)4-6-13;;/h3-6,9H,7-8,10,18H2,1-2H3,(H,20,21);2*1H. The second kappa shape index (κ2) is 10.8. The van der Waals surface area contributed by atoms with Crippen molar-refractivity contribution in [1.29, 1.82) is 0 Å². The van der Waals surface area contributed by atoms with E-state index in [1.54, 1.807) is 24.3 Å². The van der Waals surface area contributed by atoms with Crippen molar-refractivity contribution in [2.24, 2.45) is 5.73 Å². The fourth-order valence-corrected chi connectivity index (χ4v) is 2.64. The van der Waals surface area contributed by atoms with Crippen LogP contribution in [0.3, 0.4) is 0 Å². The summed E-state index contributed by atoms with van der Waals surface area (Å²) in [7, 11) is 0.